The van der Waals surface area contributed by atoms with Gasteiger partial charge < -0.3 is 29.0 Å². The average molecular weight is 525 g/mol. The maximum atomic E-state index is 8.66. The Kier molecular flexibility index (Phi) is 36.2. The fraction of sp³-hybridized carbons (Fsp3) is 1.00. The Balaban J connectivity index is -0.000000491. The zero-order valence-electron chi connectivity index (χ0n) is 24.7. The van der Waals surface area contributed by atoms with Crippen molar-refractivity contribution in [3.05, 3.63) is 0 Å². The molecule has 0 radical (unpaired) electrons. The number of hydrogen-bond acceptors (Lipinski definition) is 3. The predicted octanol–water partition coefficient (Wildman–Crippen LogP) is 3.91. The Hall–Kier alpha value is 0.0300. The van der Waals surface area contributed by atoms with Gasteiger partial charge in [-0.1, -0.05) is 117 Å². The second kappa shape index (κ2) is 32.1. The van der Waals surface area contributed by atoms with Gasteiger partial charge in [0, 0.05) is 0 Å². The van der Waals surface area contributed by atoms with Crippen LogP contribution in [0, 0.1) is 0 Å². The van der Waals surface area contributed by atoms with Crippen molar-refractivity contribution in [1.29, 1.82) is 0 Å². The van der Waals surface area contributed by atoms with E-state index in [0.717, 1.165) is 0 Å². The maximum Gasteiger partial charge on any atom is 0.0766 e. The molecule has 0 unspecified atom stereocenters. The largest absolute Gasteiger partial charge is 0.790 e. The molecule has 0 aromatic carbocycles. The Morgan fingerprint density at radius 2 is 0.657 bits per heavy atom. The average Bonchev–Trinajstić information content (AvgIpc) is 2.75. The lowest BCUT2D eigenvalue weighted by molar-refractivity contribution is -0.858. The Bertz CT molecular complexity index is 381. The first-order valence-corrected chi connectivity index (χ1v) is 16.4. The summed E-state index contributed by atoms with van der Waals surface area (Å²) in [5.41, 5.74) is 0. The maximum absolute atomic E-state index is 8.66. The third-order valence-electron chi connectivity index (χ3n) is 6.06. The Morgan fingerprint density at radius 1 is 0.486 bits per heavy atom. The molecule has 0 heterocycles. The molecule has 216 valence electrons. The van der Waals surface area contributed by atoms with Crippen LogP contribution < -0.4 is 19.6 Å². The van der Waals surface area contributed by atoms with Gasteiger partial charge in [0.15, 0.2) is 0 Å². The molecule has 3 N–H and O–H groups in total. The molecular weight excluding hydrogens is 459 g/mol. The molecule has 0 amide bonds. The first kappa shape index (κ1) is 39.5. The standard InChI is InChI=1S/2C14H31N.H3O4P/c2*1-4-5-6-7-8-9-10-11-12-13-14-15(2)3;1-5(2,3)4/h2*4-14H2,1-3H3;(H3,1,2,3,4). The van der Waals surface area contributed by atoms with E-state index in [9.17, 15) is 0 Å². The van der Waals surface area contributed by atoms with Crippen molar-refractivity contribution in [2.75, 3.05) is 41.3 Å². The van der Waals surface area contributed by atoms with Crippen molar-refractivity contribution in [3.8, 4) is 0 Å². The summed E-state index contributed by atoms with van der Waals surface area (Å²) in [6, 6.07) is 0. The first-order chi connectivity index (χ1) is 16.5. The highest BCUT2D eigenvalue weighted by Crippen LogP contribution is 2.12. The molecule has 0 saturated carbocycles. The van der Waals surface area contributed by atoms with Crippen molar-refractivity contribution < 1.29 is 29.0 Å². The van der Waals surface area contributed by atoms with Crippen molar-refractivity contribution >= 4 is 7.82 Å². The number of quaternary nitrogens is 2. The van der Waals surface area contributed by atoms with Gasteiger partial charge in [-0.05, 0) is 25.7 Å². The molecular formula is C28H65N2O4P. The molecule has 6 nitrogen and oxygen atoms in total. The van der Waals surface area contributed by atoms with Crippen molar-refractivity contribution in [2.45, 2.75) is 142 Å². The van der Waals surface area contributed by atoms with E-state index in [4.69, 9.17) is 19.2 Å². The summed E-state index contributed by atoms with van der Waals surface area (Å²) in [4.78, 5) is 27.5. The second-order valence-electron chi connectivity index (χ2n) is 10.7. The lowest BCUT2D eigenvalue weighted by Crippen LogP contribution is -3.05. The number of hydrogen-bond donors (Lipinski definition) is 3. The van der Waals surface area contributed by atoms with Crippen LogP contribution in [0.3, 0.4) is 0 Å². The summed E-state index contributed by atoms with van der Waals surface area (Å²) in [6.45, 7) is 7.26. The van der Waals surface area contributed by atoms with Gasteiger partial charge >= 0.3 is 0 Å². The van der Waals surface area contributed by atoms with Gasteiger partial charge in [-0.15, -0.1) is 0 Å². The minimum Gasteiger partial charge on any atom is -0.790 e. The van der Waals surface area contributed by atoms with Gasteiger partial charge in [0.25, 0.3) is 0 Å². The van der Waals surface area contributed by atoms with Gasteiger partial charge in [0.2, 0.25) is 0 Å². The molecule has 0 fully saturated rings. The molecule has 0 aliphatic rings. The summed E-state index contributed by atoms with van der Waals surface area (Å²) in [6.07, 6.45) is 28.9. The summed E-state index contributed by atoms with van der Waals surface area (Å²) in [5, 5.41) is 0. The minimum atomic E-state index is -5.14. The lowest BCUT2D eigenvalue weighted by atomic mass is 10.1. The van der Waals surface area contributed by atoms with Crippen LogP contribution in [-0.4, -0.2) is 46.2 Å². The molecule has 0 aromatic heterocycles. The number of rotatable bonds is 22. The molecule has 0 aliphatic carbocycles. The zero-order valence-corrected chi connectivity index (χ0v) is 25.6. The molecule has 0 aliphatic heterocycles. The zero-order chi connectivity index (χ0) is 27.2. The quantitative estimate of drug-likeness (QED) is 0.148. The van der Waals surface area contributed by atoms with Crippen LogP contribution in [0.25, 0.3) is 0 Å². The van der Waals surface area contributed by atoms with Crippen LogP contribution in [0.5, 0.6) is 0 Å². The number of phosphoric acid groups is 1. The third-order valence-corrected chi connectivity index (χ3v) is 6.06. The smallest absolute Gasteiger partial charge is 0.0766 e. The van der Waals surface area contributed by atoms with E-state index in [-0.39, 0.29) is 0 Å². The van der Waals surface area contributed by atoms with Crippen molar-refractivity contribution in [1.82, 2.24) is 0 Å². The lowest BCUT2D eigenvalue weighted by Gasteiger charge is -2.19. The Morgan fingerprint density at radius 3 is 0.829 bits per heavy atom. The van der Waals surface area contributed by atoms with Crippen molar-refractivity contribution in [2.24, 2.45) is 0 Å². The van der Waals surface area contributed by atoms with Crippen LogP contribution in [-0.2, 0) is 4.57 Å². The summed E-state index contributed by atoms with van der Waals surface area (Å²) < 4.78 is 8.66. The highest BCUT2D eigenvalue weighted by Gasteiger charge is 1.96. The molecule has 0 bridgehead atoms. The minimum absolute atomic E-state index is 1.34. The summed E-state index contributed by atoms with van der Waals surface area (Å²) >= 11 is 0. The van der Waals surface area contributed by atoms with Crippen LogP contribution in [0.1, 0.15) is 142 Å². The van der Waals surface area contributed by atoms with Gasteiger partial charge in [-0.3, -0.25) is 0 Å². The van der Waals surface area contributed by atoms with E-state index in [1.54, 1.807) is 9.80 Å². The normalized spacial score (nSPS) is 11.3. The molecule has 7 heteroatoms. The molecule has 0 saturated heterocycles. The first-order valence-electron chi connectivity index (χ1n) is 14.9. The van der Waals surface area contributed by atoms with Crippen LogP contribution >= 0.6 is 7.82 Å². The molecule has 0 aromatic rings. The number of unbranched alkanes of at least 4 members (excludes halogenated alkanes) is 18. The predicted molar refractivity (Wildman–Crippen MR) is 149 cm³/mol. The van der Waals surface area contributed by atoms with E-state index in [1.165, 1.54) is 142 Å². The van der Waals surface area contributed by atoms with E-state index in [0.29, 0.717) is 0 Å². The van der Waals surface area contributed by atoms with Crippen LogP contribution in [0.4, 0.5) is 0 Å². The van der Waals surface area contributed by atoms with Gasteiger partial charge in [-0.25, -0.2) is 0 Å². The van der Waals surface area contributed by atoms with E-state index >= 15 is 0 Å². The molecule has 0 spiro atoms. The molecule has 0 atom stereocenters. The summed E-state index contributed by atoms with van der Waals surface area (Å²) in [7, 11) is 3.84. The fourth-order valence-corrected chi connectivity index (χ4v) is 3.93. The molecule has 0 rings (SSSR count). The van der Waals surface area contributed by atoms with E-state index in [1.807, 2.05) is 0 Å². The topological polar surface area (TPSA) is 92.3 Å². The highest BCUT2D eigenvalue weighted by atomic mass is 31.2. The van der Waals surface area contributed by atoms with E-state index < -0.39 is 7.82 Å². The highest BCUT2D eigenvalue weighted by molar-refractivity contribution is 7.42. The van der Waals surface area contributed by atoms with Gasteiger partial charge in [-0.2, -0.15) is 0 Å². The van der Waals surface area contributed by atoms with Crippen molar-refractivity contribution in [3.63, 3.8) is 0 Å². The second-order valence-corrected chi connectivity index (χ2v) is 11.7. The SMILES string of the molecule is CCCCCCCCCCCC[NH+](C)C.CCCCCCCCCCCC[NH+](C)C.O=P([O-])([O-])O. The van der Waals surface area contributed by atoms with Gasteiger partial charge in [0.05, 0.1) is 49.1 Å². The van der Waals surface area contributed by atoms with Gasteiger partial charge in [0.1, 0.15) is 0 Å². The third kappa shape index (κ3) is 60.5. The number of nitrogens with one attached hydrogen (secondary N) is 2. The molecule has 35 heavy (non-hydrogen) atoms. The van der Waals surface area contributed by atoms with E-state index in [2.05, 4.69) is 42.0 Å². The fourth-order valence-electron chi connectivity index (χ4n) is 3.93. The van der Waals surface area contributed by atoms with Crippen LogP contribution in [0.15, 0.2) is 0 Å². The van der Waals surface area contributed by atoms with Crippen LogP contribution in [0.2, 0.25) is 0 Å². The summed E-state index contributed by atoms with van der Waals surface area (Å²) in [5.74, 6) is 0. The monoisotopic (exact) mass is 524 g/mol. The Labute approximate surface area is 220 Å².